The summed E-state index contributed by atoms with van der Waals surface area (Å²) >= 11 is 0. The Morgan fingerprint density at radius 1 is 1.12 bits per heavy atom. The monoisotopic (exact) mass is 590 g/mol. The Morgan fingerprint density at radius 2 is 1.86 bits per heavy atom. The van der Waals surface area contributed by atoms with E-state index < -0.39 is 11.6 Å². The van der Waals surface area contributed by atoms with Crippen molar-refractivity contribution in [3.8, 4) is 11.3 Å². The normalized spacial score (nSPS) is 21.3. The lowest BCUT2D eigenvalue weighted by atomic mass is 9.88. The Labute approximate surface area is 248 Å². The molecule has 6 rings (SSSR count). The standard InChI is InChI=1S/C31H36F2N8O2/c1-18-16-40(17-25(34)30(18)39(3)19(2)42)28-6-9-35-15-27(28)37-31-36-14-22-4-5-26(38-41(22)31)29-23(32)12-21(13-24(29)33)20-7-10-43-11-8-20/h4-6,9,12-15,18,20,25,30H,7-8,10-11,16-17,34H2,1-3H3,(H,36,37). The predicted molar refractivity (Wildman–Crippen MR) is 160 cm³/mol. The number of rotatable bonds is 6. The number of hydrogen-bond donors (Lipinski definition) is 2. The smallest absolute Gasteiger partial charge is 0.229 e. The van der Waals surface area contributed by atoms with E-state index in [4.69, 9.17) is 10.5 Å². The molecule has 12 heteroatoms. The van der Waals surface area contributed by atoms with E-state index in [2.05, 4.69) is 32.2 Å². The van der Waals surface area contributed by atoms with Gasteiger partial charge in [-0.05, 0) is 60.6 Å². The van der Waals surface area contributed by atoms with Crippen molar-refractivity contribution < 1.29 is 18.3 Å². The van der Waals surface area contributed by atoms with E-state index >= 15 is 8.78 Å². The number of ether oxygens (including phenoxy) is 1. The van der Waals surface area contributed by atoms with Gasteiger partial charge in [-0.2, -0.15) is 9.61 Å². The maximum absolute atomic E-state index is 15.4. The summed E-state index contributed by atoms with van der Waals surface area (Å²) in [5, 5.41) is 7.89. The van der Waals surface area contributed by atoms with E-state index in [1.54, 1.807) is 49.6 Å². The highest BCUT2D eigenvalue weighted by Crippen LogP contribution is 2.34. The Kier molecular flexibility index (Phi) is 7.97. The van der Waals surface area contributed by atoms with Gasteiger partial charge in [-0.3, -0.25) is 9.78 Å². The molecule has 3 N–H and O–H groups in total. The number of hydrogen-bond acceptors (Lipinski definition) is 8. The number of anilines is 3. The molecule has 43 heavy (non-hydrogen) atoms. The minimum absolute atomic E-state index is 0.0138. The van der Waals surface area contributed by atoms with Crippen LogP contribution in [0.4, 0.5) is 26.1 Å². The predicted octanol–water partition coefficient (Wildman–Crippen LogP) is 4.34. The van der Waals surface area contributed by atoms with E-state index in [1.165, 1.54) is 16.6 Å². The van der Waals surface area contributed by atoms with Crippen LogP contribution in [0.2, 0.25) is 0 Å². The third kappa shape index (κ3) is 5.64. The fraction of sp³-hybridized carbons (Fsp3) is 0.419. The molecule has 3 atom stereocenters. The fourth-order valence-electron chi connectivity index (χ4n) is 6.48. The van der Waals surface area contributed by atoms with Crippen LogP contribution in [0, 0.1) is 17.6 Å². The van der Waals surface area contributed by atoms with Crippen LogP contribution in [0.25, 0.3) is 16.8 Å². The molecule has 2 aliphatic heterocycles. The highest BCUT2D eigenvalue weighted by Gasteiger charge is 2.36. The van der Waals surface area contributed by atoms with Crippen LogP contribution >= 0.6 is 0 Å². The van der Waals surface area contributed by atoms with Gasteiger partial charge >= 0.3 is 0 Å². The fourth-order valence-corrected chi connectivity index (χ4v) is 6.48. The maximum Gasteiger partial charge on any atom is 0.229 e. The van der Waals surface area contributed by atoms with E-state index in [-0.39, 0.29) is 41.1 Å². The number of carbonyl (C=O) groups excluding carboxylic acids is 1. The zero-order valence-electron chi connectivity index (χ0n) is 24.5. The van der Waals surface area contributed by atoms with E-state index in [1.807, 2.05) is 6.07 Å². The van der Waals surface area contributed by atoms with E-state index in [9.17, 15) is 4.79 Å². The van der Waals surface area contributed by atoms with Crippen molar-refractivity contribution in [1.29, 1.82) is 0 Å². The molecule has 0 spiro atoms. The lowest BCUT2D eigenvalue weighted by Gasteiger charge is -2.46. The number of nitrogens with zero attached hydrogens (tertiary/aromatic N) is 6. The van der Waals surface area contributed by atoms with Crippen molar-refractivity contribution >= 4 is 28.7 Å². The molecule has 0 bridgehead atoms. The van der Waals surface area contributed by atoms with Crippen molar-refractivity contribution in [2.24, 2.45) is 11.7 Å². The van der Waals surface area contributed by atoms with Crippen molar-refractivity contribution in [2.75, 3.05) is 43.6 Å². The molecule has 3 aromatic heterocycles. The van der Waals surface area contributed by atoms with Crippen LogP contribution in [-0.4, -0.2) is 75.8 Å². The quantitative estimate of drug-likeness (QED) is 0.341. The Hall–Kier alpha value is -4.16. The van der Waals surface area contributed by atoms with Gasteiger partial charge in [0.15, 0.2) is 0 Å². The van der Waals surface area contributed by atoms with Crippen LogP contribution in [0.15, 0.2) is 48.9 Å². The number of fused-ring (bicyclic) bond motifs is 1. The van der Waals surface area contributed by atoms with E-state index in [0.717, 1.165) is 18.5 Å². The number of carbonyl (C=O) groups is 1. The molecule has 1 amide bonds. The average Bonchev–Trinajstić information content (AvgIpc) is 3.39. The molecule has 10 nitrogen and oxygen atoms in total. The lowest BCUT2D eigenvalue weighted by Crippen LogP contribution is -2.62. The summed E-state index contributed by atoms with van der Waals surface area (Å²) in [6.45, 7) is 6.04. The largest absolute Gasteiger partial charge is 0.381 e. The van der Waals surface area contributed by atoms with Crippen molar-refractivity contribution in [1.82, 2.24) is 24.5 Å². The highest BCUT2D eigenvalue weighted by atomic mass is 19.1. The van der Waals surface area contributed by atoms with Gasteiger partial charge in [0.2, 0.25) is 11.9 Å². The van der Waals surface area contributed by atoms with Crippen LogP contribution < -0.4 is 16.0 Å². The summed E-state index contributed by atoms with van der Waals surface area (Å²) in [4.78, 5) is 24.7. The van der Waals surface area contributed by atoms with Crippen LogP contribution in [0.3, 0.4) is 0 Å². The summed E-state index contributed by atoms with van der Waals surface area (Å²) < 4.78 is 37.7. The lowest BCUT2D eigenvalue weighted by molar-refractivity contribution is -0.131. The van der Waals surface area contributed by atoms with Gasteiger partial charge < -0.3 is 25.6 Å². The zero-order chi connectivity index (χ0) is 30.2. The second-order valence-electron chi connectivity index (χ2n) is 11.6. The molecule has 4 aromatic rings. The van der Waals surface area contributed by atoms with Gasteiger partial charge in [0.25, 0.3) is 0 Å². The molecular formula is C31H36F2N8O2. The summed E-state index contributed by atoms with van der Waals surface area (Å²) in [5.41, 5.74) is 9.40. The molecule has 2 aliphatic rings. The first-order chi connectivity index (χ1) is 20.7. The topological polar surface area (TPSA) is 114 Å². The number of benzene rings is 1. The Bertz CT molecular complexity index is 1600. The molecule has 3 unspecified atom stereocenters. The van der Waals surface area contributed by atoms with Gasteiger partial charge in [-0.15, -0.1) is 0 Å². The summed E-state index contributed by atoms with van der Waals surface area (Å²) in [6.07, 6.45) is 6.51. The highest BCUT2D eigenvalue weighted by molar-refractivity contribution is 5.75. The van der Waals surface area contributed by atoms with Crippen LogP contribution in [-0.2, 0) is 9.53 Å². The van der Waals surface area contributed by atoms with Gasteiger partial charge in [0.1, 0.15) is 11.6 Å². The number of pyridine rings is 1. The number of aromatic nitrogens is 4. The van der Waals surface area contributed by atoms with E-state index in [0.29, 0.717) is 49.0 Å². The Morgan fingerprint density at radius 3 is 2.56 bits per heavy atom. The SMILES string of the molecule is CC(=O)N(C)C1C(C)CN(c2ccncc2Nc2ncc3ccc(-c4c(F)cc(C5CCOCC5)cc4F)nn23)CC1N. The molecule has 0 aliphatic carbocycles. The van der Waals surface area contributed by atoms with Crippen molar-refractivity contribution in [3.05, 3.63) is 66.1 Å². The number of nitrogens with one attached hydrogen (secondary N) is 1. The minimum atomic E-state index is -0.651. The number of likely N-dealkylation sites (N-methyl/N-ethyl adjacent to an activating group) is 1. The van der Waals surface area contributed by atoms with Gasteiger partial charge in [-0.1, -0.05) is 6.92 Å². The summed E-state index contributed by atoms with van der Waals surface area (Å²) in [5.74, 6) is -0.755. The molecule has 1 aromatic carbocycles. The molecule has 2 saturated heterocycles. The van der Waals surface area contributed by atoms with Gasteiger partial charge in [-0.25, -0.2) is 13.8 Å². The molecule has 5 heterocycles. The summed E-state index contributed by atoms with van der Waals surface area (Å²) in [7, 11) is 1.79. The third-order valence-electron chi connectivity index (χ3n) is 8.69. The van der Waals surface area contributed by atoms with Crippen molar-refractivity contribution in [3.63, 3.8) is 0 Å². The Balaban J connectivity index is 1.28. The first-order valence-electron chi connectivity index (χ1n) is 14.6. The average molecular weight is 591 g/mol. The molecule has 0 saturated carbocycles. The summed E-state index contributed by atoms with van der Waals surface area (Å²) in [6, 6.07) is 7.73. The second kappa shape index (κ2) is 11.8. The number of nitrogens with two attached hydrogens (primary N) is 1. The van der Waals surface area contributed by atoms with Gasteiger partial charge in [0.05, 0.1) is 46.6 Å². The first-order valence-corrected chi connectivity index (χ1v) is 14.6. The first kappa shape index (κ1) is 28.9. The van der Waals surface area contributed by atoms with Gasteiger partial charge in [0, 0.05) is 52.5 Å². The maximum atomic E-state index is 15.4. The number of halogens is 2. The van der Waals surface area contributed by atoms with Crippen LogP contribution in [0.1, 0.15) is 38.2 Å². The number of amides is 1. The molecule has 226 valence electrons. The zero-order valence-corrected chi connectivity index (χ0v) is 24.5. The second-order valence-corrected chi connectivity index (χ2v) is 11.6. The number of piperidine rings is 1. The molecule has 0 radical (unpaired) electrons. The van der Waals surface area contributed by atoms with Crippen molar-refractivity contribution in [2.45, 2.75) is 44.7 Å². The minimum Gasteiger partial charge on any atom is -0.381 e. The number of imidazole rings is 1. The third-order valence-corrected chi connectivity index (χ3v) is 8.69. The van der Waals surface area contributed by atoms with Crippen LogP contribution in [0.5, 0.6) is 0 Å². The molecule has 2 fully saturated rings. The molecular weight excluding hydrogens is 554 g/mol.